The number of fused-ring (bicyclic) bond motifs is 5. The molecular formula is C30H36N2O6. The highest BCUT2D eigenvalue weighted by molar-refractivity contribution is 5.87. The maximum atomic E-state index is 13.4. The third-order valence-corrected chi connectivity index (χ3v) is 7.74. The second kappa shape index (κ2) is 9.97. The number of alkyl carbamates (subject to hydrolysis) is 1. The SMILES string of the molecule is CCOC(=O)C1(NC(=O)OC(C)(C)C)CC2CCC(C1)N2C(=O)OCC1c2ccccc2-c2ccccc21. The number of carbonyl (C=O) groups excluding carboxylic acids is 3. The Morgan fingerprint density at radius 2 is 1.47 bits per heavy atom. The first-order valence-electron chi connectivity index (χ1n) is 13.4. The van der Waals surface area contributed by atoms with Gasteiger partial charge in [-0.15, -0.1) is 0 Å². The Morgan fingerprint density at radius 1 is 0.921 bits per heavy atom. The molecule has 202 valence electrons. The van der Waals surface area contributed by atoms with Crippen LogP contribution < -0.4 is 5.32 Å². The lowest BCUT2D eigenvalue weighted by Crippen LogP contribution is -2.64. The standard InChI is InChI=1S/C30H36N2O6/c1-5-36-26(33)30(31-27(34)38-29(2,3)4)16-19-14-15-20(17-30)32(19)28(35)37-18-25-23-12-8-6-10-21(23)22-11-7-9-13-24(22)25/h6-13,19-20,25H,5,14-18H2,1-4H3,(H,31,34). The number of amides is 2. The summed E-state index contributed by atoms with van der Waals surface area (Å²) in [5.41, 5.74) is 2.71. The molecule has 0 spiro atoms. The molecule has 3 aliphatic rings. The van der Waals surface area contributed by atoms with E-state index in [4.69, 9.17) is 14.2 Å². The van der Waals surface area contributed by atoms with E-state index < -0.39 is 23.2 Å². The van der Waals surface area contributed by atoms with E-state index >= 15 is 0 Å². The third-order valence-electron chi connectivity index (χ3n) is 7.74. The van der Waals surface area contributed by atoms with Gasteiger partial charge in [0.2, 0.25) is 0 Å². The summed E-state index contributed by atoms with van der Waals surface area (Å²) in [6.45, 7) is 7.48. The highest BCUT2D eigenvalue weighted by Crippen LogP contribution is 2.45. The Labute approximate surface area is 223 Å². The van der Waals surface area contributed by atoms with Crippen LogP contribution in [0.25, 0.3) is 11.1 Å². The lowest BCUT2D eigenvalue weighted by molar-refractivity contribution is -0.154. The van der Waals surface area contributed by atoms with Crippen molar-refractivity contribution in [3.8, 4) is 11.1 Å². The first-order chi connectivity index (χ1) is 18.1. The van der Waals surface area contributed by atoms with Gasteiger partial charge in [0.1, 0.15) is 17.7 Å². The summed E-state index contributed by atoms with van der Waals surface area (Å²) in [6, 6.07) is 16.0. The van der Waals surface area contributed by atoms with Crippen molar-refractivity contribution in [1.82, 2.24) is 10.2 Å². The summed E-state index contributed by atoms with van der Waals surface area (Å²) in [4.78, 5) is 41.0. The van der Waals surface area contributed by atoms with Crippen molar-refractivity contribution in [2.45, 2.75) is 82.5 Å². The largest absolute Gasteiger partial charge is 0.464 e. The Balaban J connectivity index is 1.30. The van der Waals surface area contributed by atoms with Crippen LogP contribution in [0.2, 0.25) is 0 Å². The fraction of sp³-hybridized carbons (Fsp3) is 0.500. The lowest BCUT2D eigenvalue weighted by Gasteiger charge is -2.44. The molecule has 8 nitrogen and oxygen atoms in total. The molecule has 0 saturated carbocycles. The molecule has 5 rings (SSSR count). The van der Waals surface area contributed by atoms with Crippen LogP contribution in [-0.2, 0) is 19.0 Å². The first-order valence-corrected chi connectivity index (χ1v) is 13.4. The molecular weight excluding hydrogens is 484 g/mol. The maximum Gasteiger partial charge on any atom is 0.410 e. The van der Waals surface area contributed by atoms with E-state index in [1.807, 2.05) is 24.3 Å². The zero-order chi connectivity index (χ0) is 27.1. The molecule has 2 fully saturated rings. The average molecular weight is 521 g/mol. The van der Waals surface area contributed by atoms with Crippen LogP contribution in [0.3, 0.4) is 0 Å². The van der Waals surface area contributed by atoms with Crippen molar-refractivity contribution in [2.75, 3.05) is 13.2 Å². The number of piperidine rings is 1. The zero-order valence-electron chi connectivity index (χ0n) is 22.5. The fourth-order valence-corrected chi connectivity index (χ4v) is 6.30. The molecule has 38 heavy (non-hydrogen) atoms. The molecule has 2 atom stereocenters. The summed E-state index contributed by atoms with van der Waals surface area (Å²) in [5, 5.41) is 2.82. The molecule has 0 radical (unpaired) electrons. The van der Waals surface area contributed by atoms with Gasteiger partial charge in [-0.1, -0.05) is 48.5 Å². The minimum atomic E-state index is -1.25. The van der Waals surface area contributed by atoms with Gasteiger partial charge in [-0.25, -0.2) is 14.4 Å². The minimum absolute atomic E-state index is 0.0266. The molecule has 2 aromatic carbocycles. The number of nitrogens with zero attached hydrogens (tertiary/aromatic N) is 1. The van der Waals surface area contributed by atoms with E-state index in [0.29, 0.717) is 0 Å². The molecule has 8 heteroatoms. The van der Waals surface area contributed by atoms with Crippen molar-refractivity contribution in [1.29, 1.82) is 0 Å². The molecule has 2 saturated heterocycles. The van der Waals surface area contributed by atoms with Gasteiger partial charge in [-0.3, -0.25) is 0 Å². The monoisotopic (exact) mass is 520 g/mol. The first kappa shape index (κ1) is 26.1. The molecule has 2 bridgehead atoms. The van der Waals surface area contributed by atoms with E-state index in [1.165, 1.54) is 11.1 Å². The number of ether oxygens (including phenoxy) is 3. The van der Waals surface area contributed by atoms with Crippen LogP contribution in [0.1, 0.15) is 70.4 Å². The Bertz CT molecular complexity index is 1180. The molecule has 1 aliphatic carbocycles. The van der Waals surface area contributed by atoms with Crippen LogP contribution >= 0.6 is 0 Å². The molecule has 2 amide bonds. The third kappa shape index (κ3) is 4.84. The van der Waals surface area contributed by atoms with Crippen LogP contribution in [-0.4, -0.2) is 59.5 Å². The molecule has 2 heterocycles. The smallest absolute Gasteiger partial charge is 0.410 e. The van der Waals surface area contributed by atoms with Gasteiger partial charge in [-0.2, -0.15) is 0 Å². The van der Waals surface area contributed by atoms with Crippen molar-refractivity contribution in [2.24, 2.45) is 0 Å². The quantitative estimate of drug-likeness (QED) is 0.420. The highest BCUT2D eigenvalue weighted by atomic mass is 16.6. The highest BCUT2D eigenvalue weighted by Gasteiger charge is 2.56. The van der Waals surface area contributed by atoms with Crippen molar-refractivity contribution >= 4 is 18.2 Å². The van der Waals surface area contributed by atoms with Crippen molar-refractivity contribution in [3.05, 3.63) is 59.7 Å². The Kier molecular flexibility index (Phi) is 6.84. The van der Waals surface area contributed by atoms with Crippen LogP contribution in [0.5, 0.6) is 0 Å². The second-order valence-corrected chi connectivity index (χ2v) is 11.4. The zero-order valence-corrected chi connectivity index (χ0v) is 22.5. The summed E-state index contributed by atoms with van der Waals surface area (Å²) < 4.78 is 16.8. The molecule has 0 aromatic heterocycles. The van der Waals surface area contributed by atoms with E-state index in [1.54, 1.807) is 32.6 Å². The van der Waals surface area contributed by atoms with Gasteiger partial charge in [0.15, 0.2) is 0 Å². The number of benzene rings is 2. The Morgan fingerprint density at radius 3 is 2.00 bits per heavy atom. The van der Waals surface area contributed by atoms with Crippen LogP contribution in [0, 0.1) is 0 Å². The average Bonchev–Trinajstić information content (AvgIpc) is 3.33. The second-order valence-electron chi connectivity index (χ2n) is 11.4. The molecule has 2 unspecified atom stereocenters. The number of carbonyl (C=O) groups is 3. The van der Waals surface area contributed by atoms with Crippen molar-refractivity contribution in [3.63, 3.8) is 0 Å². The predicted octanol–water partition coefficient (Wildman–Crippen LogP) is 5.39. The number of esters is 1. The van der Waals surface area contributed by atoms with E-state index in [-0.39, 0.29) is 50.2 Å². The fourth-order valence-electron chi connectivity index (χ4n) is 6.30. The summed E-state index contributed by atoms with van der Waals surface area (Å²) in [6.07, 6.45) is 0.920. The number of rotatable bonds is 5. The van der Waals surface area contributed by atoms with Crippen molar-refractivity contribution < 1.29 is 28.6 Å². The predicted molar refractivity (Wildman–Crippen MR) is 142 cm³/mol. The van der Waals surface area contributed by atoms with E-state index in [0.717, 1.165) is 24.0 Å². The number of hydrogen-bond donors (Lipinski definition) is 1. The van der Waals surface area contributed by atoms with Crippen LogP contribution in [0.4, 0.5) is 9.59 Å². The van der Waals surface area contributed by atoms with E-state index in [9.17, 15) is 14.4 Å². The topological polar surface area (TPSA) is 94.2 Å². The summed E-state index contributed by atoms with van der Waals surface area (Å²) >= 11 is 0. The maximum absolute atomic E-state index is 13.4. The van der Waals surface area contributed by atoms with Gasteiger partial charge in [-0.05, 0) is 62.8 Å². The van der Waals surface area contributed by atoms with Gasteiger partial charge >= 0.3 is 18.2 Å². The minimum Gasteiger partial charge on any atom is -0.464 e. The summed E-state index contributed by atoms with van der Waals surface area (Å²) in [5.74, 6) is -0.517. The molecule has 1 N–H and O–H groups in total. The van der Waals surface area contributed by atoms with Gasteiger partial charge in [0.25, 0.3) is 0 Å². The molecule has 2 aliphatic heterocycles. The van der Waals surface area contributed by atoms with Gasteiger partial charge < -0.3 is 24.4 Å². The van der Waals surface area contributed by atoms with E-state index in [2.05, 4.69) is 29.6 Å². The van der Waals surface area contributed by atoms with Crippen LogP contribution in [0.15, 0.2) is 48.5 Å². The van der Waals surface area contributed by atoms with Gasteiger partial charge in [0.05, 0.1) is 6.61 Å². The lowest BCUT2D eigenvalue weighted by atomic mass is 9.83. The number of nitrogens with one attached hydrogen (secondary N) is 1. The Hall–Kier alpha value is -3.55. The number of hydrogen-bond acceptors (Lipinski definition) is 6. The normalized spacial score (nSPS) is 23.8. The summed E-state index contributed by atoms with van der Waals surface area (Å²) in [7, 11) is 0. The molecule has 2 aromatic rings. The van der Waals surface area contributed by atoms with Gasteiger partial charge in [0, 0.05) is 30.8 Å².